The van der Waals surface area contributed by atoms with E-state index in [-0.39, 0.29) is 83.3 Å². The van der Waals surface area contributed by atoms with Crippen molar-refractivity contribution in [2.75, 3.05) is 78.4 Å². The van der Waals surface area contributed by atoms with Crippen molar-refractivity contribution in [1.29, 1.82) is 5.26 Å². The van der Waals surface area contributed by atoms with Gasteiger partial charge >= 0.3 is 0 Å². The molecule has 4 N–H and O–H groups in total. The number of fused-ring (bicyclic) bond motifs is 3. The van der Waals surface area contributed by atoms with Crippen LogP contribution in [0.5, 0.6) is 5.75 Å². The van der Waals surface area contributed by atoms with E-state index in [9.17, 15) is 19.6 Å². The van der Waals surface area contributed by atoms with E-state index in [1.54, 1.807) is 18.3 Å². The van der Waals surface area contributed by atoms with E-state index in [1.165, 1.54) is 49.6 Å². The van der Waals surface area contributed by atoms with E-state index in [0.29, 0.717) is 56.3 Å². The minimum Gasteiger partial charge on any atom is -0.495 e. The molecule has 17 nitrogen and oxygen atoms in total. The third-order valence-corrected chi connectivity index (χ3v) is 16.2. The Bertz CT molecular complexity index is 3340. The van der Waals surface area contributed by atoms with Crippen LogP contribution in [-0.2, 0) is 34.0 Å². The molecule has 0 spiro atoms. The standard InChI is InChI=1S/C61H70Cl3F2N9O8S/c1-10-11-44(64)53(66)36(3)52-55(72-49(33-60(6,7)8)61(52,34-67)43-18-17-42(63)31-45(43)65)58(78)71-46-19-14-40(30-48(46)79-9)57(77)69-21-23-81-25-27-83-29-28-82-26-24-80-22-20-68-50(76)32-47-56-74-73-38(5)75(56)59-51(35(2)37(4)84-59)54(70-47)39-12-15-41(62)16-13-39/h10-19,30-31,47,49,52,55,72H,3,20-29,32-33H2,1-2,4-9H3,(H,68,76)(H,69,77)(H,71,78)/b11-10-,53-44-/t47-,49-,52-,55+,61-/m0/s1. The molecule has 2 aliphatic heterocycles. The smallest absolute Gasteiger partial charge is 0.251 e. The van der Waals surface area contributed by atoms with Crippen LogP contribution >= 0.6 is 46.1 Å². The lowest BCUT2D eigenvalue weighted by Crippen LogP contribution is -2.45. The first-order chi connectivity index (χ1) is 40.1. The Morgan fingerprint density at radius 3 is 2.14 bits per heavy atom. The Balaban J connectivity index is 0.809. The monoisotopic (exact) mass is 1230 g/mol. The molecule has 3 aromatic carbocycles. The number of nitrogens with zero attached hydrogens (tertiary/aromatic N) is 5. The molecule has 84 heavy (non-hydrogen) atoms. The number of nitriles is 1. The summed E-state index contributed by atoms with van der Waals surface area (Å²) in [4.78, 5) is 47.3. The summed E-state index contributed by atoms with van der Waals surface area (Å²) < 4.78 is 62.5. The average Bonchev–Trinajstić information content (AvgIpc) is 1.65. The van der Waals surface area contributed by atoms with Crippen LogP contribution in [0.15, 0.2) is 101 Å². The highest BCUT2D eigenvalue weighted by molar-refractivity contribution is 7.15. The Labute approximate surface area is 507 Å². The third-order valence-electron chi connectivity index (χ3n) is 14.3. The average molecular weight is 1230 g/mol. The fourth-order valence-electron chi connectivity index (χ4n) is 10.2. The summed E-state index contributed by atoms with van der Waals surface area (Å²) in [7, 11) is 1.37. The summed E-state index contributed by atoms with van der Waals surface area (Å²) in [5, 5.41) is 33.2. The van der Waals surface area contributed by atoms with Gasteiger partial charge in [0.1, 0.15) is 39.7 Å². The predicted octanol–water partition coefficient (Wildman–Crippen LogP) is 10.9. The number of thiophene rings is 1. The number of aromatic nitrogens is 3. The second-order valence-corrected chi connectivity index (χ2v) is 23.8. The number of allylic oxidation sites excluding steroid dienone is 4. The number of ether oxygens (including phenoxy) is 5. The Kier molecular flexibility index (Phi) is 23.0. The Hall–Kier alpha value is -6.38. The van der Waals surface area contributed by atoms with Gasteiger partial charge in [-0.25, -0.2) is 8.78 Å². The van der Waals surface area contributed by atoms with Gasteiger partial charge in [0.15, 0.2) is 5.82 Å². The van der Waals surface area contributed by atoms with Crippen LogP contribution in [0.3, 0.4) is 0 Å². The number of nitrogens with one attached hydrogen (secondary N) is 4. The zero-order chi connectivity index (χ0) is 60.9. The lowest BCUT2D eigenvalue weighted by atomic mass is 9.62. The van der Waals surface area contributed by atoms with Crippen molar-refractivity contribution in [2.45, 2.75) is 84.8 Å². The highest BCUT2D eigenvalue weighted by Crippen LogP contribution is 2.52. The molecule has 1 saturated heterocycles. The van der Waals surface area contributed by atoms with Crippen molar-refractivity contribution in [1.82, 2.24) is 30.7 Å². The number of rotatable bonds is 27. The lowest BCUT2D eigenvalue weighted by molar-refractivity contribution is -0.121. The first kappa shape index (κ1) is 65.2. The normalized spacial score (nSPS) is 18.7. The fraction of sp³-hybridized carbons (Fsp3) is 0.426. The number of benzene rings is 3. The van der Waals surface area contributed by atoms with Gasteiger partial charge in [0.05, 0.1) is 94.9 Å². The third kappa shape index (κ3) is 15.5. The first-order valence-corrected chi connectivity index (χ1v) is 29.3. The largest absolute Gasteiger partial charge is 0.495 e. The molecule has 0 radical (unpaired) electrons. The molecule has 4 heterocycles. The topological polar surface area (TPSA) is 212 Å². The molecule has 3 amide bonds. The highest BCUT2D eigenvalue weighted by atomic mass is 35.5. The van der Waals surface area contributed by atoms with Crippen molar-refractivity contribution in [2.24, 2.45) is 16.3 Å². The number of halogens is 5. The van der Waals surface area contributed by atoms with Crippen LogP contribution in [0.4, 0.5) is 14.5 Å². The number of carbonyl (C=O) groups is 3. The number of anilines is 1. The van der Waals surface area contributed by atoms with E-state index in [1.807, 2.05) is 56.5 Å². The molecule has 1 fully saturated rings. The second-order valence-electron chi connectivity index (χ2n) is 21.3. The number of hydrogen-bond donors (Lipinski definition) is 4. The number of carbonyl (C=O) groups excluding carboxylic acids is 3. The van der Waals surface area contributed by atoms with Crippen LogP contribution in [0.2, 0.25) is 10.0 Å². The molecule has 23 heteroatoms. The van der Waals surface area contributed by atoms with Gasteiger partial charge in [-0.3, -0.25) is 23.9 Å². The van der Waals surface area contributed by atoms with Crippen LogP contribution in [-0.4, -0.2) is 123 Å². The Morgan fingerprint density at radius 1 is 0.905 bits per heavy atom. The number of aliphatic imine (C=N–C) groups is 1. The molecule has 448 valence electrons. The summed E-state index contributed by atoms with van der Waals surface area (Å²) in [6.45, 7) is 20.4. The van der Waals surface area contributed by atoms with E-state index < -0.39 is 58.3 Å². The van der Waals surface area contributed by atoms with Gasteiger partial charge in [-0.15, -0.1) is 21.5 Å². The van der Waals surface area contributed by atoms with Gasteiger partial charge in [0.25, 0.3) is 5.91 Å². The van der Waals surface area contributed by atoms with Crippen LogP contribution < -0.4 is 26.0 Å². The van der Waals surface area contributed by atoms with E-state index in [0.717, 1.165) is 38.3 Å². The quantitative estimate of drug-likeness (QED) is 0.0286. The molecule has 0 unspecified atom stereocenters. The first-order valence-electron chi connectivity index (χ1n) is 27.3. The van der Waals surface area contributed by atoms with Gasteiger partial charge in [-0.1, -0.05) is 86.4 Å². The molecule has 5 atom stereocenters. The van der Waals surface area contributed by atoms with Crippen molar-refractivity contribution in [3.8, 4) is 16.8 Å². The van der Waals surface area contributed by atoms with Crippen LogP contribution in [0, 0.1) is 49.3 Å². The van der Waals surface area contributed by atoms with Crippen LogP contribution in [0.1, 0.15) is 95.7 Å². The maximum absolute atomic E-state index is 16.3. The zero-order valence-electron chi connectivity index (χ0n) is 48.2. The molecule has 2 aliphatic rings. The Morgan fingerprint density at radius 2 is 1.54 bits per heavy atom. The fourth-order valence-corrected chi connectivity index (χ4v) is 12.0. The SMILES string of the molecule is C=C(/C(F)=C(Cl)\C=C/C)[C@H]1[C@H](C(=O)Nc2ccc(C(=O)NCCOCCOCCOCCOCCNC(=O)C[C@@H]3N=C(c4ccc(Cl)cc4)c4c(sc(C)c4C)-n4c(C)nnc43)cc2OC)N[C@@H](CC(C)(C)C)[C@]1(C#N)c1ccc(Cl)cc1F. The summed E-state index contributed by atoms with van der Waals surface area (Å²) >= 11 is 20.4. The molecular weight excluding hydrogens is 1160 g/mol. The summed E-state index contributed by atoms with van der Waals surface area (Å²) in [6.07, 6.45) is 3.16. The van der Waals surface area contributed by atoms with Crippen LogP contribution in [0.25, 0.3) is 5.00 Å². The van der Waals surface area contributed by atoms with E-state index >= 15 is 8.78 Å². The second kappa shape index (κ2) is 29.6. The number of hydrogen-bond acceptors (Lipinski definition) is 14. The highest BCUT2D eigenvalue weighted by Gasteiger charge is 2.61. The summed E-state index contributed by atoms with van der Waals surface area (Å²) in [5.41, 5.74) is 1.45. The lowest BCUT2D eigenvalue weighted by Gasteiger charge is -2.37. The minimum absolute atomic E-state index is 0.0659. The maximum atomic E-state index is 16.3. The van der Waals surface area contributed by atoms with Gasteiger partial charge in [0.2, 0.25) is 11.8 Å². The van der Waals surface area contributed by atoms with E-state index in [2.05, 4.69) is 58.0 Å². The van der Waals surface area contributed by atoms with Gasteiger partial charge in [0, 0.05) is 62.2 Å². The number of methoxy groups -OCH3 is 1. The van der Waals surface area contributed by atoms with Gasteiger partial charge in [-0.2, -0.15) is 5.26 Å². The molecule has 2 aromatic heterocycles. The van der Waals surface area contributed by atoms with E-state index in [4.69, 9.17) is 63.5 Å². The molecule has 0 aliphatic carbocycles. The van der Waals surface area contributed by atoms with Crippen molar-refractivity contribution >= 4 is 75.3 Å². The minimum atomic E-state index is -1.88. The van der Waals surface area contributed by atoms with Gasteiger partial charge < -0.3 is 45.0 Å². The summed E-state index contributed by atoms with van der Waals surface area (Å²) in [6, 6.07) is 15.3. The number of aryl methyl sites for hydroxylation is 2. The summed E-state index contributed by atoms with van der Waals surface area (Å²) in [5.74, 6) is -3.05. The van der Waals surface area contributed by atoms with Crippen molar-refractivity contribution < 1.29 is 46.8 Å². The number of amides is 3. The molecule has 5 aromatic rings. The molecule has 0 saturated carbocycles. The predicted molar refractivity (Wildman–Crippen MR) is 323 cm³/mol. The molecule has 0 bridgehead atoms. The zero-order valence-corrected chi connectivity index (χ0v) is 51.3. The van der Waals surface area contributed by atoms with Crippen molar-refractivity contribution in [3.63, 3.8) is 0 Å². The van der Waals surface area contributed by atoms with Gasteiger partial charge in [-0.05, 0) is 99.2 Å². The molecular formula is C61H70Cl3F2N9O8S. The molecule has 7 rings (SSSR count). The maximum Gasteiger partial charge on any atom is 0.251 e. The van der Waals surface area contributed by atoms with Crippen molar-refractivity contribution in [3.05, 3.63) is 156 Å².